The highest BCUT2D eigenvalue weighted by atomic mass is 79.9. The van der Waals surface area contributed by atoms with Crippen molar-refractivity contribution >= 4 is 45.1 Å². The molecule has 2 N–H and O–H groups in total. The first-order valence-corrected chi connectivity index (χ1v) is 6.74. The summed E-state index contributed by atoms with van der Waals surface area (Å²) in [5.74, 6) is -0.656. The number of nitrogens with two attached hydrogens (primary N) is 1. The van der Waals surface area contributed by atoms with E-state index in [-0.39, 0.29) is 23.9 Å². The summed E-state index contributed by atoms with van der Waals surface area (Å²) in [6.07, 6.45) is 0.258. The van der Waals surface area contributed by atoms with Crippen molar-refractivity contribution in [3.05, 3.63) is 27.2 Å². The van der Waals surface area contributed by atoms with Crippen molar-refractivity contribution < 1.29 is 14.3 Å². The summed E-state index contributed by atoms with van der Waals surface area (Å²) in [4.78, 5) is 25.1. The molecule has 1 aromatic rings. The standard InChI is InChI=1S/C12H12BrClN2O3/c1-19-12(18)7-3-8(13)9(14)4-10(7)16-5-6(15)2-11(16)17/h3-4,6H,2,5,15H2,1H3. The van der Waals surface area contributed by atoms with Crippen LogP contribution in [0, 0.1) is 0 Å². The van der Waals surface area contributed by atoms with Gasteiger partial charge in [-0.15, -0.1) is 0 Å². The van der Waals surface area contributed by atoms with E-state index in [0.29, 0.717) is 21.7 Å². The Morgan fingerprint density at radius 3 is 2.79 bits per heavy atom. The van der Waals surface area contributed by atoms with Crippen LogP contribution in [0.15, 0.2) is 16.6 Å². The summed E-state index contributed by atoms with van der Waals surface area (Å²) in [6, 6.07) is 2.87. The van der Waals surface area contributed by atoms with Crippen molar-refractivity contribution in [2.24, 2.45) is 5.73 Å². The molecule has 0 radical (unpaired) electrons. The number of nitrogens with zero attached hydrogens (tertiary/aromatic N) is 1. The molecule has 0 saturated carbocycles. The highest BCUT2D eigenvalue weighted by molar-refractivity contribution is 9.10. The summed E-state index contributed by atoms with van der Waals surface area (Å²) < 4.78 is 5.29. The van der Waals surface area contributed by atoms with Crippen LogP contribution in [0.2, 0.25) is 5.02 Å². The number of hydrogen-bond donors (Lipinski definition) is 1. The van der Waals surface area contributed by atoms with Gasteiger partial charge >= 0.3 is 5.97 Å². The van der Waals surface area contributed by atoms with Crippen molar-refractivity contribution in [2.75, 3.05) is 18.6 Å². The lowest BCUT2D eigenvalue weighted by Crippen LogP contribution is -2.29. The predicted octanol–water partition coefficient (Wildman–Crippen LogP) is 1.95. The smallest absolute Gasteiger partial charge is 0.340 e. The average molecular weight is 348 g/mol. The Morgan fingerprint density at radius 2 is 2.26 bits per heavy atom. The molecular formula is C12H12BrClN2O3. The second kappa shape index (κ2) is 5.48. The molecule has 1 aromatic carbocycles. The minimum atomic E-state index is -0.527. The minimum Gasteiger partial charge on any atom is -0.465 e. The molecule has 1 saturated heterocycles. The zero-order chi connectivity index (χ0) is 14.2. The number of carbonyl (C=O) groups is 2. The average Bonchev–Trinajstić information content (AvgIpc) is 2.70. The van der Waals surface area contributed by atoms with E-state index in [1.807, 2.05) is 0 Å². The Labute approximate surface area is 123 Å². The molecular weight excluding hydrogens is 336 g/mol. The van der Waals surface area contributed by atoms with Gasteiger partial charge in [0.1, 0.15) is 0 Å². The molecule has 102 valence electrons. The van der Waals surface area contributed by atoms with Crippen LogP contribution in [0.4, 0.5) is 5.69 Å². The van der Waals surface area contributed by atoms with Gasteiger partial charge in [-0.2, -0.15) is 0 Å². The summed E-state index contributed by atoms with van der Waals surface area (Å²) in [7, 11) is 1.28. The molecule has 1 heterocycles. The molecule has 2 rings (SSSR count). The molecule has 1 amide bonds. The maximum Gasteiger partial charge on any atom is 0.340 e. The second-order valence-corrected chi connectivity index (χ2v) is 5.51. The van der Waals surface area contributed by atoms with Gasteiger partial charge in [0.2, 0.25) is 5.91 Å². The lowest BCUT2D eigenvalue weighted by Gasteiger charge is -2.20. The number of rotatable bonds is 2. The fraction of sp³-hybridized carbons (Fsp3) is 0.333. The number of esters is 1. The predicted molar refractivity (Wildman–Crippen MR) is 75.4 cm³/mol. The van der Waals surface area contributed by atoms with Crippen LogP contribution >= 0.6 is 27.5 Å². The lowest BCUT2D eigenvalue weighted by molar-refractivity contribution is -0.117. The Morgan fingerprint density at radius 1 is 1.58 bits per heavy atom. The van der Waals surface area contributed by atoms with Crippen LogP contribution < -0.4 is 10.6 Å². The monoisotopic (exact) mass is 346 g/mol. The number of ether oxygens (including phenoxy) is 1. The first kappa shape index (κ1) is 14.3. The number of halogens is 2. The minimum absolute atomic E-state index is 0.129. The van der Waals surface area contributed by atoms with E-state index in [4.69, 9.17) is 22.1 Å². The van der Waals surface area contributed by atoms with Crippen molar-refractivity contribution in [1.82, 2.24) is 0 Å². The van der Waals surface area contributed by atoms with E-state index in [0.717, 1.165) is 0 Å². The van der Waals surface area contributed by atoms with E-state index in [9.17, 15) is 9.59 Å². The number of benzene rings is 1. The quantitative estimate of drug-likeness (QED) is 0.830. The number of methoxy groups -OCH3 is 1. The molecule has 1 aliphatic rings. The number of hydrogen-bond acceptors (Lipinski definition) is 4. The van der Waals surface area contributed by atoms with Crippen molar-refractivity contribution in [2.45, 2.75) is 12.5 Å². The Bertz CT molecular complexity index is 550. The van der Waals surface area contributed by atoms with Gasteiger partial charge in [-0.1, -0.05) is 11.6 Å². The van der Waals surface area contributed by atoms with Gasteiger partial charge in [0, 0.05) is 23.5 Å². The van der Waals surface area contributed by atoms with Crippen molar-refractivity contribution in [1.29, 1.82) is 0 Å². The Kier molecular flexibility index (Phi) is 4.13. The van der Waals surface area contributed by atoms with Crippen LogP contribution in [-0.4, -0.2) is 31.6 Å². The zero-order valence-corrected chi connectivity index (χ0v) is 12.5. The van der Waals surface area contributed by atoms with Crippen LogP contribution in [0.5, 0.6) is 0 Å². The molecule has 0 aromatic heterocycles. The fourth-order valence-corrected chi connectivity index (χ4v) is 2.50. The van der Waals surface area contributed by atoms with Gasteiger partial charge in [0.15, 0.2) is 0 Å². The summed E-state index contributed by atoms with van der Waals surface area (Å²) in [6.45, 7) is 0.362. The highest BCUT2D eigenvalue weighted by Gasteiger charge is 2.31. The normalized spacial score (nSPS) is 18.8. The van der Waals surface area contributed by atoms with Crippen molar-refractivity contribution in [3.8, 4) is 0 Å². The van der Waals surface area contributed by atoms with E-state index in [1.54, 1.807) is 12.1 Å². The molecule has 7 heteroatoms. The van der Waals surface area contributed by atoms with E-state index in [2.05, 4.69) is 15.9 Å². The molecule has 0 aliphatic carbocycles. The maximum absolute atomic E-state index is 11.9. The third kappa shape index (κ3) is 2.75. The second-order valence-electron chi connectivity index (χ2n) is 4.24. The molecule has 0 bridgehead atoms. The molecule has 1 fully saturated rings. The third-order valence-corrected chi connectivity index (χ3v) is 4.09. The number of amides is 1. The largest absolute Gasteiger partial charge is 0.465 e. The highest BCUT2D eigenvalue weighted by Crippen LogP contribution is 2.33. The van der Waals surface area contributed by atoms with Gasteiger partial charge in [-0.25, -0.2) is 4.79 Å². The van der Waals surface area contributed by atoms with Crippen LogP contribution in [-0.2, 0) is 9.53 Å². The third-order valence-electron chi connectivity index (χ3n) is 2.89. The van der Waals surface area contributed by atoms with Gasteiger partial charge in [-0.05, 0) is 28.1 Å². The summed E-state index contributed by atoms with van der Waals surface area (Å²) in [5, 5.41) is 0.413. The topological polar surface area (TPSA) is 72.6 Å². The van der Waals surface area contributed by atoms with Crippen LogP contribution in [0.1, 0.15) is 16.8 Å². The summed E-state index contributed by atoms with van der Waals surface area (Å²) >= 11 is 9.27. The zero-order valence-electron chi connectivity index (χ0n) is 10.2. The van der Waals surface area contributed by atoms with Gasteiger partial charge in [-0.3, -0.25) is 4.79 Å². The van der Waals surface area contributed by atoms with Gasteiger partial charge in [0.05, 0.1) is 23.4 Å². The van der Waals surface area contributed by atoms with Crippen LogP contribution in [0.25, 0.3) is 0 Å². The number of anilines is 1. The molecule has 19 heavy (non-hydrogen) atoms. The van der Waals surface area contributed by atoms with Crippen LogP contribution in [0.3, 0.4) is 0 Å². The molecule has 1 atom stereocenters. The molecule has 1 unspecified atom stereocenters. The Balaban J connectivity index is 2.52. The molecule has 1 aliphatic heterocycles. The van der Waals surface area contributed by atoms with Crippen molar-refractivity contribution in [3.63, 3.8) is 0 Å². The van der Waals surface area contributed by atoms with E-state index in [1.165, 1.54) is 12.0 Å². The fourth-order valence-electron chi connectivity index (χ4n) is 2.00. The van der Waals surface area contributed by atoms with E-state index < -0.39 is 5.97 Å². The SMILES string of the molecule is COC(=O)c1cc(Br)c(Cl)cc1N1CC(N)CC1=O. The van der Waals surface area contributed by atoms with Gasteiger partial charge < -0.3 is 15.4 Å². The first-order valence-electron chi connectivity index (χ1n) is 5.57. The number of carbonyl (C=O) groups excluding carboxylic acids is 2. The summed E-state index contributed by atoms with van der Waals surface area (Å²) in [5.41, 5.74) is 6.47. The first-order chi connectivity index (χ1) is 8.93. The van der Waals surface area contributed by atoms with E-state index >= 15 is 0 Å². The molecule has 0 spiro atoms. The van der Waals surface area contributed by atoms with Gasteiger partial charge in [0.25, 0.3) is 0 Å². The molecule has 5 nitrogen and oxygen atoms in total. The maximum atomic E-state index is 11.9. The lowest BCUT2D eigenvalue weighted by atomic mass is 10.1. The Hall–Kier alpha value is -1.11.